The van der Waals surface area contributed by atoms with Crippen molar-refractivity contribution in [2.75, 3.05) is 6.54 Å². The molecule has 3 nitrogen and oxygen atoms in total. The summed E-state index contributed by atoms with van der Waals surface area (Å²) in [7, 11) is 0. The molecule has 1 aliphatic carbocycles. The molecule has 116 valence electrons. The highest BCUT2D eigenvalue weighted by atomic mass is 35.5. The van der Waals surface area contributed by atoms with Crippen molar-refractivity contribution < 1.29 is 4.79 Å². The molecule has 0 aliphatic heterocycles. The summed E-state index contributed by atoms with van der Waals surface area (Å²) in [5.41, 5.74) is 6.79. The van der Waals surface area contributed by atoms with Gasteiger partial charge in [0.25, 0.3) is 0 Å². The third kappa shape index (κ3) is 3.98. The van der Waals surface area contributed by atoms with E-state index in [0.29, 0.717) is 24.0 Å². The van der Waals surface area contributed by atoms with Gasteiger partial charge in [0.2, 0.25) is 5.91 Å². The van der Waals surface area contributed by atoms with E-state index >= 15 is 0 Å². The van der Waals surface area contributed by atoms with Crippen molar-refractivity contribution >= 4 is 17.5 Å². The zero-order valence-electron chi connectivity index (χ0n) is 12.9. The first-order valence-electron chi connectivity index (χ1n) is 7.77. The van der Waals surface area contributed by atoms with Crippen LogP contribution in [0, 0.1) is 5.92 Å². The molecule has 2 atom stereocenters. The number of halogens is 1. The highest BCUT2D eigenvalue weighted by Gasteiger charge is 2.40. The molecule has 21 heavy (non-hydrogen) atoms. The Labute approximate surface area is 132 Å². The van der Waals surface area contributed by atoms with Crippen molar-refractivity contribution in [3.63, 3.8) is 0 Å². The van der Waals surface area contributed by atoms with Crippen molar-refractivity contribution in [1.29, 1.82) is 0 Å². The minimum Gasteiger partial charge on any atom is -0.337 e. The fraction of sp³-hybridized carbons (Fsp3) is 0.588. The highest BCUT2D eigenvalue weighted by molar-refractivity contribution is 6.30. The van der Waals surface area contributed by atoms with Gasteiger partial charge >= 0.3 is 0 Å². The van der Waals surface area contributed by atoms with Gasteiger partial charge in [-0.3, -0.25) is 4.79 Å². The number of carbonyl (C=O) groups is 1. The van der Waals surface area contributed by atoms with Crippen LogP contribution in [0.2, 0.25) is 5.02 Å². The fourth-order valence-electron chi connectivity index (χ4n) is 3.28. The molecule has 1 saturated carbocycles. The summed E-state index contributed by atoms with van der Waals surface area (Å²) >= 11 is 6.02. The van der Waals surface area contributed by atoms with Crippen LogP contribution in [0.1, 0.15) is 45.1 Å². The lowest BCUT2D eigenvalue weighted by molar-refractivity contribution is -0.139. The summed E-state index contributed by atoms with van der Waals surface area (Å²) in [6, 6.07) is 7.66. The molecular weight excluding hydrogens is 284 g/mol. The Morgan fingerprint density at radius 3 is 2.90 bits per heavy atom. The second kappa shape index (κ2) is 6.80. The molecular formula is C17H25ClN2O. The predicted octanol–water partition coefficient (Wildman–Crippen LogP) is 3.60. The van der Waals surface area contributed by atoms with Crippen LogP contribution in [0.5, 0.6) is 0 Å². The van der Waals surface area contributed by atoms with Crippen molar-refractivity contribution in [2.24, 2.45) is 11.7 Å². The Morgan fingerprint density at radius 1 is 1.52 bits per heavy atom. The molecule has 1 amide bonds. The van der Waals surface area contributed by atoms with Gasteiger partial charge < -0.3 is 10.6 Å². The third-order valence-corrected chi connectivity index (χ3v) is 4.62. The Balaban J connectivity index is 2.11. The maximum Gasteiger partial charge on any atom is 0.242 e. The topological polar surface area (TPSA) is 46.3 Å². The Hall–Kier alpha value is -1.06. The van der Waals surface area contributed by atoms with E-state index in [1.165, 1.54) is 6.42 Å². The summed E-state index contributed by atoms with van der Waals surface area (Å²) in [6.45, 7) is 5.42. The van der Waals surface area contributed by atoms with Crippen molar-refractivity contribution in [3.8, 4) is 0 Å². The number of hydrogen-bond donors (Lipinski definition) is 1. The van der Waals surface area contributed by atoms with Crippen LogP contribution >= 0.6 is 11.6 Å². The van der Waals surface area contributed by atoms with E-state index in [1.807, 2.05) is 36.1 Å². The van der Waals surface area contributed by atoms with E-state index in [1.54, 1.807) is 0 Å². The van der Waals surface area contributed by atoms with Crippen LogP contribution in [-0.2, 0) is 11.3 Å². The second-order valence-corrected chi connectivity index (χ2v) is 6.74. The van der Waals surface area contributed by atoms with Gasteiger partial charge in [-0.05, 0) is 43.4 Å². The summed E-state index contributed by atoms with van der Waals surface area (Å²) in [5, 5.41) is 0.699. The predicted molar refractivity (Wildman–Crippen MR) is 87.1 cm³/mol. The maximum atomic E-state index is 12.9. The minimum absolute atomic E-state index is 0.0801. The molecule has 0 radical (unpaired) electrons. The molecule has 4 heteroatoms. The number of likely N-dealkylation sites (N-methyl/N-ethyl adjacent to an activating group) is 1. The van der Waals surface area contributed by atoms with E-state index in [9.17, 15) is 4.79 Å². The normalized spacial score (nSPS) is 25.6. The van der Waals surface area contributed by atoms with Crippen molar-refractivity contribution in [1.82, 2.24) is 4.90 Å². The molecule has 1 aromatic carbocycles. The van der Waals surface area contributed by atoms with Crippen molar-refractivity contribution in [2.45, 2.75) is 51.6 Å². The Bertz CT molecular complexity index is 505. The fourth-order valence-corrected chi connectivity index (χ4v) is 3.50. The zero-order chi connectivity index (χ0) is 15.5. The first-order valence-corrected chi connectivity index (χ1v) is 8.15. The SMILES string of the molecule is CCN(Cc1cccc(Cl)c1)C(=O)C1(N)CCCC(C)C1. The lowest BCUT2D eigenvalue weighted by Crippen LogP contribution is -2.57. The van der Waals surface area contributed by atoms with Gasteiger partial charge in [0.15, 0.2) is 0 Å². The lowest BCUT2D eigenvalue weighted by atomic mass is 9.76. The van der Waals surface area contributed by atoms with E-state index < -0.39 is 5.54 Å². The summed E-state index contributed by atoms with van der Waals surface area (Å²) in [4.78, 5) is 14.7. The molecule has 1 aliphatic rings. The summed E-state index contributed by atoms with van der Waals surface area (Å²) in [6.07, 6.45) is 3.80. The lowest BCUT2D eigenvalue weighted by Gasteiger charge is -2.39. The van der Waals surface area contributed by atoms with E-state index in [2.05, 4.69) is 6.92 Å². The quantitative estimate of drug-likeness (QED) is 0.924. The van der Waals surface area contributed by atoms with E-state index in [-0.39, 0.29) is 5.91 Å². The smallest absolute Gasteiger partial charge is 0.242 e. The molecule has 1 fully saturated rings. The van der Waals surface area contributed by atoms with Crippen LogP contribution in [0.25, 0.3) is 0 Å². The highest BCUT2D eigenvalue weighted by Crippen LogP contribution is 2.32. The molecule has 0 aromatic heterocycles. The van der Waals surface area contributed by atoms with Gasteiger partial charge in [0.05, 0.1) is 5.54 Å². The van der Waals surface area contributed by atoms with Crippen LogP contribution in [0.15, 0.2) is 24.3 Å². The number of rotatable bonds is 4. The summed E-state index contributed by atoms with van der Waals surface area (Å²) < 4.78 is 0. The molecule has 2 unspecified atom stereocenters. The Morgan fingerprint density at radius 2 is 2.29 bits per heavy atom. The molecule has 1 aromatic rings. The van der Waals surface area contributed by atoms with Crippen LogP contribution in [0.4, 0.5) is 0 Å². The monoisotopic (exact) mass is 308 g/mol. The second-order valence-electron chi connectivity index (χ2n) is 6.31. The molecule has 2 N–H and O–H groups in total. The van der Waals surface area contributed by atoms with Gasteiger partial charge in [-0.15, -0.1) is 0 Å². The standard InChI is InChI=1S/C17H25ClN2O/c1-3-20(12-14-7-4-8-15(18)10-14)16(21)17(19)9-5-6-13(2)11-17/h4,7-8,10,13H,3,5-6,9,11-12,19H2,1-2H3. The van der Waals surface area contributed by atoms with Gasteiger partial charge in [-0.1, -0.05) is 43.5 Å². The minimum atomic E-state index is -0.688. The van der Waals surface area contributed by atoms with Gasteiger partial charge in [-0.2, -0.15) is 0 Å². The number of hydrogen-bond acceptors (Lipinski definition) is 2. The van der Waals surface area contributed by atoms with Crippen LogP contribution in [0.3, 0.4) is 0 Å². The van der Waals surface area contributed by atoms with Gasteiger partial charge in [0.1, 0.15) is 0 Å². The number of amides is 1. The zero-order valence-corrected chi connectivity index (χ0v) is 13.7. The molecule has 0 saturated heterocycles. The van der Waals surface area contributed by atoms with Gasteiger partial charge in [0, 0.05) is 18.1 Å². The number of benzene rings is 1. The number of nitrogens with zero attached hydrogens (tertiary/aromatic N) is 1. The average molecular weight is 309 g/mol. The van der Waals surface area contributed by atoms with E-state index in [4.69, 9.17) is 17.3 Å². The number of carbonyl (C=O) groups excluding carboxylic acids is 1. The van der Waals surface area contributed by atoms with Gasteiger partial charge in [-0.25, -0.2) is 0 Å². The number of nitrogens with two attached hydrogens (primary N) is 1. The molecule has 2 rings (SSSR count). The molecule has 0 bridgehead atoms. The van der Waals surface area contributed by atoms with Crippen molar-refractivity contribution in [3.05, 3.63) is 34.9 Å². The first kappa shape index (κ1) is 16.3. The molecule has 0 heterocycles. The third-order valence-electron chi connectivity index (χ3n) is 4.39. The molecule has 0 spiro atoms. The van der Waals surface area contributed by atoms with Crippen LogP contribution in [-0.4, -0.2) is 22.9 Å². The maximum absolute atomic E-state index is 12.9. The van der Waals surface area contributed by atoms with E-state index in [0.717, 1.165) is 24.8 Å². The Kier molecular flexibility index (Phi) is 5.28. The first-order chi connectivity index (χ1) is 9.94. The van der Waals surface area contributed by atoms with Crippen LogP contribution < -0.4 is 5.73 Å². The average Bonchev–Trinajstić information content (AvgIpc) is 2.44. The summed E-state index contributed by atoms with van der Waals surface area (Å²) in [5.74, 6) is 0.606. The largest absolute Gasteiger partial charge is 0.337 e.